The van der Waals surface area contributed by atoms with Gasteiger partial charge in [0, 0.05) is 11.7 Å². The van der Waals surface area contributed by atoms with Crippen molar-refractivity contribution in [1.82, 2.24) is 9.78 Å². The first-order chi connectivity index (χ1) is 12.5. The normalized spacial score (nSPS) is 16.2. The van der Waals surface area contributed by atoms with Gasteiger partial charge < -0.3 is 9.32 Å². The highest BCUT2D eigenvalue weighted by Crippen LogP contribution is 2.33. The Labute approximate surface area is 157 Å². The maximum Gasteiger partial charge on any atom is 0.294 e. The van der Waals surface area contributed by atoms with Gasteiger partial charge in [-0.3, -0.25) is 9.48 Å². The Morgan fingerprint density at radius 2 is 2.04 bits per heavy atom. The smallest absolute Gasteiger partial charge is 0.294 e. The van der Waals surface area contributed by atoms with Crippen molar-refractivity contribution >= 4 is 23.2 Å². The maximum atomic E-state index is 13.0. The van der Waals surface area contributed by atoms with E-state index in [9.17, 15) is 4.79 Å². The van der Waals surface area contributed by atoms with Crippen LogP contribution in [0.25, 0.3) is 0 Å². The van der Waals surface area contributed by atoms with Crippen molar-refractivity contribution in [2.24, 2.45) is 0 Å². The van der Waals surface area contributed by atoms with Gasteiger partial charge in [-0.05, 0) is 51.0 Å². The summed E-state index contributed by atoms with van der Waals surface area (Å²) in [4.78, 5) is 14.8. The van der Waals surface area contributed by atoms with Gasteiger partial charge in [-0.2, -0.15) is 5.10 Å². The summed E-state index contributed by atoms with van der Waals surface area (Å²) in [5, 5.41) is 5.07. The third-order valence-electron chi connectivity index (χ3n) is 4.90. The van der Waals surface area contributed by atoms with E-state index in [1.807, 2.05) is 43.0 Å². The van der Waals surface area contributed by atoms with Crippen LogP contribution < -0.4 is 4.90 Å². The lowest BCUT2D eigenvalue weighted by molar-refractivity contribution is 0.0952. The molecule has 3 aromatic rings. The zero-order chi connectivity index (χ0) is 18.4. The summed E-state index contributed by atoms with van der Waals surface area (Å²) < 4.78 is 7.62. The van der Waals surface area contributed by atoms with E-state index in [2.05, 4.69) is 18.1 Å². The third-order valence-corrected chi connectivity index (χ3v) is 5.44. The van der Waals surface area contributed by atoms with E-state index in [0.717, 1.165) is 23.5 Å². The first-order valence-electron chi connectivity index (χ1n) is 8.65. The van der Waals surface area contributed by atoms with Gasteiger partial charge in [-0.25, -0.2) is 0 Å². The minimum absolute atomic E-state index is 0.111. The molecule has 3 heterocycles. The fourth-order valence-corrected chi connectivity index (χ4v) is 3.68. The van der Waals surface area contributed by atoms with Crippen LogP contribution in [0.3, 0.4) is 0 Å². The molecule has 1 aliphatic rings. The average molecular weight is 370 g/mol. The Balaban J connectivity index is 1.58. The molecule has 1 atom stereocenters. The topological polar surface area (TPSA) is 51.3 Å². The second kappa shape index (κ2) is 6.32. The number of furan rings is 1. The van der Waals surface area contributed by atoms with Crippen molar-refractivity contribution in [2.45, 2.75) is 39.8 Å². The van der Waals surface area contributed by atoms with E-state index in [0.29, 0.717) is 23.1 Å². The van der Waals surface area contributed by atoms with Crippen LogP contribution in [0.5, 0.6) is 0 Å². The second-order valence-electron chi connectivity index (χ2n) is 6.77. The summed E-state index contributed by atoms with van der Waals surface area (Å²) >= 11 is 6.20. The van der Waals surface area contributed by atoms with E-state index in [-0.39, 0.29) is 11.9 Å². The van der Waals surface area contributed by atoms with E-state index in [1.165, 1.54) is 5.56 Å². The lowest BCUT2D eigenvalue weighted by atomic mass is 10.1. The van der Waals surface area contributed by atoms with Gasteiger partial charge in [-0.15, -0.1) is 0 Å². The largest absolute Gasteiger partial charge is 0.454 e. The van der Waals surface area contributed by atoms with Crippen molar-refractivity contribution in [3.05, 3.63) is 69.9 Å². The summed E-state index contributed by atoms with van der Waals surface area (Å²) in [5.74, 6) is 0.909. The van der Waals surface area contributed by atoms with Crippen LogP contribution in [-0.4, -0.2) is 21.7 Å². The highest BCUT2D eigenvalue weighted by Gasteiger charge is 2.32. The summed E-state index contributed by atoms with van der Waals surface area (Å²) in [5.41, 5.74) is 3.83. The minimum Gasteiger partial charge on any atom is -0.454 e. The molecular formula is C20H20ClN3O2. The Kier molecular flexibility index (Phi) is 4.11. The van der Waals surface area contributed by atoms with Crippen LogP contribution in [0.4, 0.5) is 5.69 Å². The third kappa shape index (κ3) is 2.72. The maximum absolute atomic E-state index is 13.0. The highest BCUT2D eigenvalue weighted by molar-refractivity contribution is 6.31. The zero-order valence-corrected chi connectivity index (χ0v) is 15.7. The number of para-hydroxylation sites is 1. The number of rotatable bonds is 3. The molecule has 1 amide bonds. The molecule has 0 N–H and O–H groups in total. The van der Waals surface area contributed by atoms with Crippen LogP contribution in [0, 0.1) is 13.8 Å². The number of benzene rings is 1. The molecule has 0 radical (unpaired) electrons. The average Bonchev–Trinajstić information content (AvgIpc) is 3.28. The molecule has 0 fully saturated rings. The molecule has 5 nitrogen and oxygen atoms in total. The van der Waals surface area contributed by atoms with Gasteiger partial charge in [-0.1, -0.05) is 29.8 Å². The number of aryl methyl sites for hydroxylation is 1. The molecule has 1 aliphatic heterocycles. The standard InChI is InChI=1S/C20H20ClN3O2/c1-12-10-15-6-4-5-7-17(15)24(12)20(25)18-9-8-16(26-18)11-23-14(3)19(21)13(2)22-23/h4-9,12H,10-11H2,1-3H3/t12-/m1/s1. The van der Waals surface area contributed by atoms with E-state index >= 15 is 0 Å². The predicted octanol–water partition coefficient (Wildman–Crippen LogP) is 4.39. The van der Waals surface area contributed by atoms with Gasteiger partial charge in [0.15, 0.2) is 5.76 Å². The highest BCUT2D eigenvalue weighted by atomic mass is 35.5. The first-order valence-corrected chi connectivity index (χ1v) is 9.03. The Morgan fingerprint density at radius 1 is 1.27 bits per heavy atom. The van der Waals surface area contributed by atoms with Gasteiger partial charge in [0.25, 0.3) is 5.91 Å². The van der Waals surface area contributed by atoms with Crippen LogP contribution in [0.15, 0.2) is 40.8 Å². The summed E-state index contributed by atoms with van der Waals surface area (Å²) in [6, 6.07) is 11.7. The number of fused-ring (bicyclic) bond motifs is 1. The molecule has 2 aromatic heterocycles. The number of amides is 1. The Hall–Kier alpha value is -2.53. The molecule has 6 heteroatoms. The number of carbonyl (C=O) groups is 1. The van der Waals surface area contributed by atoms with Crippen LogP contribution in [0.2, 0.25) is 5.02 Å². The quantitative estimate of drug-likeness (QED) is 0.688. The Morgan fingerprint density at radius 3 is 2.77 bits per heavy atom. The number of aromatic nitrogens is 2. The molecule has 26 heavy (non-hydrogen) atoms. The number of anilines is 1. The summed E-state index contributed by atoms with van der Waals surface area (Å²) in [6.45, 7) is 6.29. The molecule has 134 valence electrons. The molecule has 0 unspecified atom stereocenters. The van der Waals surface area contributed by atoms with Gasteiger partial charge in [0.05, 0.1) is 23.0 Å². The summed E-state index contributed by atoms with van der Waals surface area (Å²) in [6.07, 6.45) is 0.861. The van der Waals surface area contributed by atoms with E-state index in [4.69, 9.17) is 16.0 Å². The molecule has 0 aliphatic carbocycles. The zero-order valence-electron chi connectivity index (χ0n) is 15.0. The molecule has 0 bridgehead atoms. The van der Waals surface area contributed by atoms with Gasteiger partial charge >= 0.3 is 0 Å². The first kappa shape index (κ1) is 16.9. The monoisotopic (exact) mass is 369 g/mol. The molecule has 4 rings (SSSR count). The van der Waals surface area contributed by atoms with Gasteiger partial charge in [0.2, 0.25) is 0 Å². The van der Waals surface area contributed by atoms with Crippen LogP contribution in [0.1, 0.15) is 40.2 Å². The fraction of sp³-hybridized carbons (Fsp3) is 0.300. The SMILES string of the molecule is Cc1nn(Cc2ccc(C(=O)N3c4ccccc4C[C@H]3C)o2)c(C)c1Cl. The number of hydrogen-bond acceptors (Lipinski definition) is 3. The van der Waals surface area contributed by atoms with Crippen molar-refractivity contribution in [3.8, 4) is 0 Å². The summed E-state index contributed by atoms with van der Waals surface area (Å²) in [7, 11) is 0. The number of carbonyl (C=O) groups excluding carboxylic acids is 1. The predicted molar refractivity (Wildman–Crippen MR) is 101 cm³/mol. The van der Waals surface area contributed by atoms with Gasteiger partial charge in [0.1, 0.15) is 5.76 Å². The van der Waals surface area contributed by atoms with Crippen LogP contribution in [-0.2, 0) is 13.0 Å². The minimum atomic E-state index is -0.111. The lowest BCUT2D eigenvalue weighted by Crippen LogP contribution is -2.35. The second-order valence-corrected chi connectivity index (χ2v) is 7.14. The van der Waals surface area contributed by atoms with Crippen molar-refractivity contribution in [1.29, 1.82) is 0 Å². The molecule has 0 saturated heterocycles. The van der Waals surface area contributed by atoms with Crippen molar-refractivity contribution < 1.29 is 9.21 Å². The number of halogens is 1. The molecule has 1 aromatic carbocycles. The lowest BCUT2D eigenvalue weighted by Gasteiger charge is -2.21. The van der Waals surface area contributed by atoms with Crippen molar-refractivity contribution in [3.63, 3.8) is 0 Å². The fourth-order valence-electron chi connectivity index (χ4n) is 3.55. The van der Waals surface area contributed by atoms with E-state index in [1.54, 1.807) is 10.7 Å². The molecule has 0 saturated carbocycles. The number of nitrogens with zero attached hydrogens (tertiary/aromatic N) is 3. The van der Waals surface area contributed by atoms with Crippen LogP contribution >= 0.6 is 11.6 Å². The Bertz CT molecular complexity index is 989. The number of hydrogen-bond donors (Lipinski definition) is 0. The van der Waals surface area contributed by atoms with Crippen molar-refractivity contribution in [2.75, 3.05) is 4.90 Å². The van der Waals surface area contributed by atoms with E-state index < -0.39 is 0 Å². The molecule has 0 spiro atoms. The molecular weight excluding hydrogens is 350 g/mol.